The number of benzene rings is 1. The van der Waals surface area contributed by atoms with Crippen LogP contribution in [0.15, 0.2) is 30.3 Å². The van der Waals surface area contributed by atoms with Gasteiger partial charge in [0.05, 0.1) is 0 Å². The molecule has 0 aliphatic heterocycles. The van der Waals surface area contributed by atoms with E-state index in [9.17, 15) is 9.59 Å². The summed E-state index contributed by atoms with van der Waals surface area (Å²) < 4.78 is 5.18. The number of hydrogen-bond acceptors (Lipinski definition) is 4. The molecule has 0 saturated carbocycles. The van der Waals surface area contributed by atoms with Gasteiger partial charge >= 0.3 is 5.97 Å². The van der Waals surface area contributed by atoms with Crippen LogP contribution in [-0.4, -0.2) is 18.5 Å². The van der Waals surface area contributed by atoms with E-state index >= 15 is 0 Å². The molecule has 3 rings (SSSR count). The Kier molecular flexibility index (Phi) is 5.87. The van der Waals surface area contributed by atoms with Gasteiger partial charge in [-0.25, -0.2) is 4.79 Å². The average molecular weight is 357 g/mol. The lowest BCUT2D eigenvalue weighted by molar-refractivity contribution is -0.119. The Morgan fingerprint density at radius 2 is 1.88 bits per heavy atom. The van der Waals surface area contributed by atoms with Crippen LogP contribution in [-0.2, 0) is 28.8 Å². The zero-order chi connectivity index (χ0) is 17.6. The monoisotopic (exact) mass is 357 g/mol. The molecule has 1 aromatic heterocycles. The summed E-state index contributed by atoms with van der Waals surface area (Å²) in [5.41, 5.74) is 3.19. The summed E-state index contributed by atoms with van der Waals surface area (Å²) in [6, 6.07) is 9.60. The second-order valence-electron chi connectivity index (χ2n) is 6.29. The average Bonchev–Trinajstić information content (AvgIpc) is 2.91. The van der Waals surface area contributed by atoms with Crippen LogP contribution in [0.5, 0.6) is 0 Å². The van der Waals surface area contributed by atoms with Crippen LogP contribution >= 0.6 is 11.3 Å². The molecule has 1 heterocycles. The minimum Gasteiger partial charge on any atom is -0.451 e. The molecule has 1 amide bonds. The van der Waals surface area contributed by atoms with Crippen molar-refractivity contribution in [2.45, 2.75) is 45.4 Å². The highest BCUT2D eigenvalue weighted by atomic mass is 32.1. The van der Waals surface area contributed by atoms with Crippen LogP contribution in [0, 0.1) is 0 Å². The first-order valence-electron chi connectivity index (χ1n) is 8.83. The summed E-state index contributed by atoms with van der Waals surface area (Å²) in [6.07, 6.45) is 6.64. The van der Waals surface area contributed by atoms with Crippen LogP contribution in [0.25, 0.3) is 0 Å². The molecule has 1 aliphatic carbocycles. The third-order valence-corrected chi connectivity index (χ3v) is 5.65. The van der Waals surface area contributed by atoms with Crippen molar-refractivity contribution in [2.24, 2.45) is 0 Å². The molecule has 2 aromatic rings. The minimum absolute atomic E-state index is 0.267. The highest BCUT2D eigenvalue weighted by molar-refractivity contribution is 7.14. The van der Waals surface area contributed by atoms with E-state index in [0.717, 1.165) is 19.3 Å². The van der Waals surface area contributed by atoms with Gasteiger partial charge in [0.25, 0.3) is 5.91 Å². The maximum atomic E-state index is 12.2. The predicted molar refractivity (Wildman–Crippen MR) is 100 cm³/mol. The van der Waals surface area contributed by atoms with Crippen molar-refractivity contribution >= 4 is 28.9 Å². The van der Waals surface area contributed by atoms with Crippen molar-refractivity contribution in [3.05, 3.63) is 51.2 Å². The van der Waals surface area contributed by atoms with Crippen LogP contribution in [0.2, 0.25) is 0 Å². The molecule has 0 unspecified atom stereocenters. The molecule has 25 heavy (non-hydrogen) atoms. The fourth-order valence-electron chi connectivity index (χ4n) is 2.99. The Hall–Kier alpha value is -2.14. The second-order valence-corrected chi connectivity index (χ2v) is 7.43. The van der Waals surface area contributed by atoms with E-state index in [1.54, 1.807) is 0 Å². The van der Waals surface area contributed by atoms with Crippen LogP contribution in [0.1, 0.15) is 51.9 Å². The van der Waals surface area contributed by atoms with E-state index in [-0.39, 0.29) is 12.5 Å². The summed E-state index contributed by atoms with van der Waals surface area (Å²) in [6.45, 7) is 1.81. The molecule has 0 spiro atoms. The van der Waals surface area contributed by atoms with Gasteiger partial charge in [-0.3, -0.25) is 4.79 Å². The number of carbonyl (C=O) groups excluding carboxylic acids is 2. The highest BCUT2D eigenvalue weighted by Crippen LogP contribution is 2.29. The fraction of sp³-hybridized carbons (Fsp3) is 0.400. The van der Waals surface area contributed by atoms with Gasteiger partial charge in [-0.1, -0.05) is 25.5 Å². The van der Waals surface area contributed by atoms with Crippen LogP contribution in [0.3, 0.4) is 0 Å². The number of amides is 1. The lowest BCUT2D eigenvalue weighted by atomic mass is 10.1. The SMILES string of the molecule is CCc1ccc(NC(=O)COC(=O)c2cc3c(s2)CCCCC3)cc1. The topological polar surface area (TPSA) is 55.4 Å². The van der Waals surface area contributed by atoms with E-state index in [2.05, 4.69) is 12.2 Å². The number of thiophene rings is 1. The number of hydrogen-bond donors (Lipinski definition) is 1. The van der Waals surface area contributed by atoms with Crippen molar-refractivity contribution in [1.82, 2.24) is 0 Å². The Bertz CT molecular complexity index is 725. The van der Waals surface area contributed by atoms with Gasteiger partial charge in [0.2, 0.25) is 0 Å². The molecule has 5 heteroatoms. The van der Waals surface area contributed by atoms with E-state index in [1.165, 1.54) is 46.6 Å². The van der Waals surface area contributed by atoms with Crippen molar-refractivity contribution < 1.29 is 14.3 Å². The molecule has 0 atom stereocenters. The highest BCUT2D eigenvalue weighted by Gasteiger charge is 2.18. The predicted octanol–water partition coefficient (Wildman–Crippen LogP) is 4.37. The molecule has 1 aliphatic rings. The van der Waals surface area contributed by atoms with Crippen molar-refractivity contribution in [2.75, 3.05) is 11.9 Å². The summed E-state index contributed by atoms with van der Waals surface area (Å²) in [4.78, 5) is 26.1. The zero-order valence-corrected chi connectivity index (χ0v) is 15.3. The van der Waals surface area contributed by atoms with Crippen LogP contribution in [0.4, 0.5) is 5.69 Å². The van der Waals surface area contributed by atoms with Gasteiger partial charge in [0.15, 0.2) is 6.61 Å². The number of carbonyl (C=O) groups is 2. The van der Waals surface area contributed by atoms with Gasteiger partial charge in [0.1, 0.15) is 4.88 Å². The van der Waals surface area contributed by atoms with E-state index in [4.69, 9.17) is 4.74 Å². The maximum Gasteiger partial charge on any atom is 0.348 e. The van der Waals surface area contributed by atoms with Gasteiger partial charge in [-0.2, -0.15) is 0 Å². The molecule has 0 bridgehead atoms. The quantitative estimate of drug-likeness (QED) is 0.638. The minimum atomic E-state index is -0.408. The normalized spacial score (nSPS) is 13.6. The van der Waals surface area contributed by atoms with Crippen LogP contribution < -0.4 is 5.32 Å². The summed E-state index contributed by atoms with van der Waals surface area (Å²) in [7, 11) is 0. The molecule has 1 aromatic carbocycles. The van der Waals surface area contributed by atoms with E-state index in [1.807, 2.05) is 30.3 Å². The molecule has 0 saturated heterocycles. The molecule has 0 fully saturated rings. The maximum absolute atomic E-state index is 12.2. The molecule has 1 N–H and O–H groups in total. The lowest BCUT2D eigenvalue weighted by Gasteiger charge is -2.06. The third kappa shape index (κ3) is 4.69. The second kappa shape index (κ2) is 8.30. The van der Waals surface area contributed by atoms with Gasteiger partial charge in [-0.15, -0.1) is 11.3 Å². The van der Waals surface area contributed by atoms with E-state index in [0.29, 0.717) is 10.6 Å². The van der Waals surface area contributed by atoms with Gasteiger partial charge in [-0.05, 0) is 61.4 Å². The number of ether oxygens (including phenoxy) is 1. The Labute approximate surface area is 152 Å². The first kappa shape index (κ1) is 17.7. The standard InChI is InChI=1S/C20H23NO3S/c1-2-14-8-10-16(11-9-14)21-19(22)13-24-20(23)18-12-15-6-4-3-5-7-17(15)25-18/h8-12H,2-7,13H2,1H3,(H,21,22). The lowest BCUT2D eigenvalue weighted by Crippen LogP contribution is -2.20. The number of aryl methyl sites for hydroxylation is 3. The van der Waals surface area contributed by atoms with Gasteiger partial charge < -0.3 is 10.1 Å². The Morgan fingerprint density at radius 3 is 2.64 bits per heavy atom. The number of rotatable bonds is 5. The number of esters is 1. The number of fused-ring (bicyclic) bond motifs is 1. The number of anilines is 1. The summed E-state index contributed by atoms with van der Waals surface area (Å²) in [5, 5.41) is 2.74. The Balaban J connectivity index is 1.52. The van der Waals surface area contributed by atoms with E-state index < -0.39 is 5.97 Å². The largest absolute Gasteiger partial charge is 0.451 e. The summed E-state index contributed by atoms with van der Waals surface area (Å²) >= 11 is 1.51. The van der Waals surface area contributed by atoms with Crippen molar-refractivity contribution in [3.8, 4) is 0 Å². The molecular weight excluding hydrogens is 334 g/mol. The Morgan fingerprint density at radius 1 is 1.12 bits per heavy atom. The molecular formula is C20H23NO3S. The molecule has 132 valence electrons. The number of nitrogens with one attached hydrogen (secondary N) is 1. The van der Waals surface area contributed by atoms with Crippen molar-refractivity contribution in [1.29, 1.82) is 0 Å². The first-order chi connectivity index (χ1) is 12.2. The van der Waals surface area contributed by atoms with Gasteiger partial charge in [0, 0.05) is 10.6 Å². The van der Waals surface area contributed by atoms with Crippen molar-refractivity contribution in [3.63, 3.8) is 0 Å². The third-order valence-electron chi connectivity index (χ3n) is 4.43. The molecule has 0 radical (unpaired) electrons. The summed E-state index contributed by atoms with van der Waals surface area (Å²) in [5.74, 6) is -0.731. The first-order valence-corrected chi connectivity index (χ1v) is 9.65. The smallest absolute Gasteiger partial charge is 0.348 e. The molecule has 4 nitrogen and oxygen atoms in total. The fourth-order valence-corrected chi connectivity index (χ4v) is 4.14. The zero-order valence-electron chi connectivity index (χ0n) is 14.5.